The van der Waals surface area contributed by atoms with Crippen molar-refractivity contribution in [2.75, 3.05) is 12.9 Å². The number of carbonyl (C=O) groups excluding carboxylic acids is 1. The highest BCUT2D eigenvalue weighted by Gasteiger charge is 2.21. The molecule has 1 unspecified atom stereocenters. The van der Waals surface area contributed by atoms with Gasteiger partial charge in [0.1, 0.15) is 4.88 Å². The molecule has 1 rings (SSSR count). The summed E-state index contributed by atoms with van der Waals surface area (Å²) in [5.41, 5.74) is 0.763. The quantitative estimate of drug-likeness (QED) is 0.763. The number of alkyl halides is 1. The van der Waals surface area contributed by atoms with Crippen molar-refractivity contribution >= 4 is 29.0 Å². The maximum absolute atomic E-state index is 12.0. The number of hydrogen-bond acceptors (Lipinski definition) is 4. The summed E-state index contributed by atoms with van der Waals surface area (Å²) < 4.78 is 3.79. The van der Waals surface area contributed by atoms with Crippen LogP contribution in [0.5, 0.6) is 0 Å². The van der Waals surface area contributed by atoms with Crippen molar-refractivity contribution in [2.45, 2.75) is 26.3 Å². The fraction of sp³-hybridized carbons (Fsp3) is 0.667. The van der Waals surface area contributed by atoms with E-state index in [9.17, 15) is 4.79 Å². The van der Waals surface area contributed by atoms with Crippen LogP contribution >= 0.6 is 23.1 Å². The van der Waals surface area contributed by atoms with E-state index in [0.29, 0.717) is 10.8 Å². The van der Waals surface area contributed by atoms with E-state index >= 15 is 0 Å². The molecule has 0 aliphatic heterocycles. The van der Waals surface area contributed by atoms with Crippen LogP contribution in [0.1, 0.15) is 29.2 Å². The summed E-state index contributed by atoms with van der Waals surface area (Å²) in [5, 5.41) is 3.91. The van der Waals surface area contributed by atoms with Crippen molar-refractivity contribution < 1.29 is 4.79 Å². The van der Waals surface area contributed by atoms with Gasteiger partial charge in [-0.05, 0) is 24.9 Å². The first-order valence-electron chi connectivity index (χ1n) is 4.76. The third-order valence-electron chi connectivity index (χ3n) is 2.29. The molecule has 84 valence electrons. The number of nitrogens with zero attached hydrogens (tertiary/aromatic N) is 3. The zero-order valence-electron chi connectivity index (χ0n) is 9.03. The van der Waals surface area contributed by atoms with Gasteiger partial charge in [0.05, 0.1) is 5.69 Å². The van der Waals surface area contributed by atoms with Crippen LogP contribution in [0.3, 0.4) is 0 Å². The number of halogens is 1. The van der Waals surface area contributed by atoms with E-state index in [-0.39, 0.29) is 11.9 Å². The molecule has 0 radical (unpaired) electrons. The molecule has 0 aliphatic carbocycles. The van der Waals surface area contributed by atoms with Gasteiger partial charge in [-0.25, -0.2) is 0 Å². The minimum absolute atomic E-state index is 0.0194. The Kier molecular flexibility index (Phi) is 4.47. The third kappa shape index (κ3) is 2.66. The average molecular weight is 248 g/mol. The van der Waals surface area contributed by atoms with Gasteiger partial charge >= 0.3 is 0 Å². The van der Waals surface area contributed by atoms with Crippen molar-refractivity contribution in [1.29, 1.82) is 0 Å². The topological polar surface area (TPSA) is 46.1 Å². The zero-order valence-corrected chi connectivity index (χ0v) is 10.6. The van der Waals surface area contributed by atoms with E-state index in [0.717, 1.165) is 23.6 Å². The molecular formula is C9H14ClN3OS. The summed E-state index contributed by atoms with van der Waals surface area (Å²) in [6, 6.07) is 0.0194. The Bertz CT molecular complexity index is 342. The first-order chi connectivity index (χ1) is 7.11. The van der Waals surface area contributed by atoms with E-state index in [1.807, 2.05) is 13.8 Å². The Labute approximate surface area is 98.4 Å². The third-order valence-corrected chi connectivity index (χ3v) is 3.49. The van der Waals surface area contributed by atoms with Crippen molar-refractivity contribution in [2.24, 2.45) is 0 Å². The van der Waals surface area contributed by atoms with Crippen molar-refractivity contribution in [3.8, 4) is 0 Å². The van der Waals surface area contributed by atoms with E-state index in [1.165, 1.54) is 0 Å². The van der Waals surface area contributed by atoms with E-state index in [1.54, 1.807) is 11.9 Å². The molecule has 15 heavy (non-hydrogen) atoms. The summed E-state index contributed by atoms with van der Waals surface area (Å²) in [5.74, 6) is 0.380. The number of carbonyl (C=O) groups is 1. The molecule has 1 amide bonds. The van der Waals surface area contributed by atoms with Crippen LogP contribution in [0.2, 0.25) is 0 Å². The highest BCUT2D eigenvalue weighted by Crippen LogP contribution is 2.15. The number of aryl methyl sites for hydroxylation is 1. The van der Waals surface area contributed by atoms with Crippen molar-refractivity contribution in [3.05, 3.63) is 10.6 Å². The maximum Gasteiger partial charge on any atom is 0.267 e. The molecule has 0 spiro atoms. The molecule has 0 fully saturated rings. The first kappa shape index (κ1) is 12.4. The molecule has 0 bridgehead atoms. The smallest absolute Gasteiger partial charge is 0.267 e. The molecule has 1 heterocycles. The van der Waals surface area contributed by atoms with Gasteiger partial charge in [-0.1, -0.05) is 11.4 Å². The van der Waals surface area contributed by atoms with Gasteiger partial charge in [-0.2, -0.15) is 0 Å². The standard InChI is InChI=1S/C9H14ClN3OS/c1-4-7-8(15-12-11-7)9(14)13(3)6(2)5-10/h6H,4-5H2,1-3H3. The summed E-state index contributed by atoms with van der Waals surface area (Å²) in [7, 11) is 1.74. The molecule has 0 saturated heterocycles. The number of aromatic nitrogens is 2. The lowest BCUT2D eigenvalue weighted by Gasteiger charge is -2.22. The normalized spacial score (nSPS) is 12.5. The molecule has 0 aromatic carbocycles. The van der Waals surface area contributed by atoms with Crippen LogP contribution in [-0.4, -0.2) is 39.4 Å². The second kappa shape index (κ2) is 5.42. The Hall–Kier alpha value is -0.680. The van der Waals surface area contributed by atoms with Gasteiger partial charge < -0.3 is 4.90 Å². The van der Waals surface area contributed by atoms with Gasteiger partial charge in [-0.3, -0.25) is 4.79 Å². The summed E-state index contributed by atoms with van der Waals surface area (Å²) >= 11 is 6.85. The Morgan fingerprint density at radius 2 is 2.33 bits per heavy atom. The minimum atomic E-state index is -0.0463. The van der Waals surface area contributed by atoms with Gasteiger partial charge in [-0.15, -0.1) is 16.7 Å². The van der Waals surface area contributed by atoms with Gasteiger partial charge in [0.2, 0.25) is 0 Å². The molecule has 1 aromatic rings. The van der Waals surface area contributed by atoms with Crippen molar-refractivity contribution in [3.63, 3.8) is 0 Å². The summed E-state index contributed by atoms with van der Waals surface area (Å²) in [6.45, 7) is 3.86. The predicted octanol–water partition coefficient (Wildman–Crippen LogP) is 1.80. The Balaban J connectivity index is 2.84. The lowest BCUT2D eigenvalue weighted by molar-refractivity contribution is 0.0760. The second-order valence-electron chi connectivity index (χ2n) is 3.32. The lowest BCUT2D eigenvalue weighted by atomic mass is 10.2. The molecule has 6 heteroatoms. The van der Waals surface area contributed by atoms with E-state index in [2.05, 4.69) is 9.59 Å². The fourth-order valence-electron chi connectivity index (χ4n) is 1.07. The highest BCUT2D eigenvalue weighted by molar-refractivity contribution is 7.08. The van der Waals surface area contributed by atoms with Crippen LogP contribution in [0, 0.1) is 0 Å². The van der Waals surface area contributed by atoms with Gasteiger partial charge in [0, 0.05) is 19.0 Å². The maximum atomic E-state index is 12.0. The monoisotopic (exact) mass is 247 g/mol. The van der Waals surface area contributed by atoms with Crippen LogP contribution in [0.15, 0.2) is 0 Å². The minimum Gasteiger partial charge on any atom is -0.337 e. The fourth-order valence-corrected chi connectivity index (χ4v) is 2.01. The summed E-state index contributed by atoms with van der Waals surface area (Å²) in [4.78, 5) is 14.2. The van der Waals surface area contributed by atoms with Crippen LogP contribution < -0.4 is 0 Å². The molecule has 1 atom stereocenters. The molecular weight excluding hydrogens is 234 g/mol. The zero-order chi connectivity index (χ0) is 11.4. The predicted molar refractivity (Wildman–Crippen MR) is 61.6 cm³/mol. The van der Waals surface area contributed by atoms with E-state index < -0.39 is 0 Å². The highest BCUT2D eigenvalue weighted by atomic mass is 35.5. The van der Waals surface area contributed by atoms with E-state index in [4.69, 9.17) is 11.6 Å². The van der Waals surface area contributed by atoms with Crippen LogP contribution in [0.25, 0.3) is 0 Å². The van der Waals surface area contributed by atoms with Gasteiger partial charge in [0.25, 0.3) is 5.91 Å². The average Bonchev–Trinajstić information content (AvgIpc) is 2.73. The number of hydrogen-bond donors (Lipinski definition) is 0. The van der Waals surface area contributed by atoms with Crippen molar-refractivity contribution in [1.82, 2.24) is 14.5 Å². The molecule has 0 aliphatic rings. The molecule has 1 aromatic heterocycles. The van der Waals surface area contributed by atoms with Gasteiger partial charge in [0.15, 0.2) is 0 Å². The number of amides is 1. The molecule has 0 saturated carbocycles. The first-order valence-corrected chi connectivity index (χ1v) is 6.06. The lowest BCUT2D eigenvalue weighted by Crippen LogP contribution is -2.36. The summed E-state index contributed by atoms with van der Waals surface area (Å²) in [6.07, 6.45) is 0.723. The molecule has 0 N–H and O–H groups in total. The number of rotatable bonds is 4. The largest absolute Gasteiger partial charge is 0.337 e. The van der Waals surface area contributed by atoms with Crippen LogP contribution in [-0.2, 0) is 6.42 Å². The van der Waals surface area contributed by atoms with Crippen LogP contribution in [0.4, 0.5) is 0 Å². The Morgan fingerprint density at radius 3 is 2.87 bits per heavy atom. The second-order valence-corrected chi connectivity index (χ2v) is 4.38. The SMILES string of the molecule is CCc1nnsc1C(=O)N(C)C(C)CCl. The molecule has 4 nitrogen and oxygen atoms in total. The Morgan fingerprint density at radius 1 is 1.67 bits per heavy atom.